The van der Waals surface area contributed by atoms with Crippen molar-refractivity contribution in [2.45, 2.75) is 32.4 Å². The molecule has 2 N–H and O–H groups in total. The summed E-state index contributed by atoms with van der Waals surface area (Å²) in [6.07, 6.45) is 1.76. The number of amides is 1. The number of carbonyl (C=O) groups excluding carboxylic acids is 2. The number of Topliss-reactive ketones (excluding diaryl/α,β-unsaturated/α-hetero) is 1. The molecule has 0 aliphatic carbocycles. The Morgan fingerprint density at radius 2 is 1.97 bits per heavy atom. The lowest BCUT2D eigenvalue weighted by atomic mass is 10.0. The van der Waals surface area contributed by atoms with E-state index in [4.69, 9.17) is 4.74 Å². The molecule has 1 saturated heterocycles. The Kier molecular flexibility index (Phi) is 7.01. The molecule has 1 aromatic heterocycles. The van der Waals surface area contributed by atoms with Gasteiger partial charge in [-0.2, -0.15) is 5.10 Å². The molecule has 3 aromatic carbocycles. The smallest absolute Gasteiger partial charge is 0.251 e. The number of piperidine rings is 1. The van der Waals surface area contributed by atoms with Gasteiger partial charge < -0.3 is 10.1 Å². The number of H-pyrrole nitrogens is 1. The SMILES string of the molecule is COc1cccc(F)c1CN1CCC[C@@H](NC(=O)c2ccc3[nH]nc(-c4cccc(C(C)=O)c4)c3c2)C1. The van der Waals surface area contributed by atoms with Crippen LogP contribution >= 0.6 is 0 Å². The van der Waals surface area contributed by atoms with Gasteiger partial charge in [0, 0.05) is 46.8 Å². The van der Waals surface area contributed by atoms with Crippen LogP contribution in [0, 0.1) is 5.82 Å². The first-order chi connectivity index (χ1) is 17.9. The Balaban J connectivity index is 1.32. The summed E-state index contributed by atoms with van der Waals surface area (Å²) in [6, 6.07) is 17.5. The third-order valence-corrected chi connectivity index (χ3v) is 6.89. The molecule has 0 saturated carbocycles. The highest BCUT2D eigenvalue weighted by molar-refractivity contribution is 6.02. The van der Waals surface area contributed by atoms with E-state index in [-0.39, 0.29) is 23.5 Å². The monoisotopic (exact) mass is 500 g/mol. The number of methoxy groups -OCH3 is 1. The van der Waals surface area contributed by atoms with Crippen LogP contribution in [-0.2, 0) is 6.54 Å². The van der Waals surface area contributed by atoms with E-state index < -0.39 is 0 Å². The second-order valence-corrected chi connectivity index (χ2v) is 9.44. The topological polar surface area (TPSA) is 87.3 Å². The fourth-order valence-corrected chi connectivity index (χ4v) is 4.95. The maximum atomic E-state index is 14.4. The van der Waals surface area contributed by atoms with Gasteiger partial charge in [0.05, 0.1) is 18.3 Å². The van der Waals surface area contributed by atoms with Gasteiger partial charge in [-0.05, 0) is 62.7 Å². The van der Waals surface area contributed by atoms with Gasteiger partial charge in [0.1, 0.15) is 11.6 Å². The van der Waals surface area contributed by atoms with Crippen LogP contribution < -0.4 is 10.1 Å². The number of aromatic nitrogens is 2. The number of benzene rings is 3. The van der Waals surface area contributed by atoms with Gasteiger partial charge >= 0.3 is 0 Å². The molecule has 5 rings (SSSR count). The summed E-state index contributed by atoms with van der Waals surface area (Å²) in [6.45, 7) is 3.41. The molecular formula is C29H29FN4O3. The minimum absolute atomic E-state index is 0.0169. The van der Waals surface area contributed by atoms with E-state index in [9.17, 15) is 14.0 Å². The summed E-state index contributed by atoms with van der Waals surface area (Å²) < 4.78 is 19.8. The van der Waals surface area contributed by atoms with Crippen LogP contribution in [0.1, 0.15) is 46.0 Å². The van der Waals surface area contributed by atoms with Crippen molar-refractivity contribution in [3.8, 4) is 17.0 Å². The molecule has 2 heterocycles. The predicted octanol–water partition coefficient (Wildman–Crippen LogP) is 4.97. The van der Waals surface area contributed by atoms with Crippen molar-refractivity contribution in [1.82, 2.24) is 20.4 Å². The number of fused-ring (bicyclic) bond motifs is 1. The van der Waals surface area contributed by atoms with E-state index in [2.05, 4.69) is 20.4 Å². The Labute approximate surface area is 214 Å². The van der Waals surface area contributed by atoms with Crippen LogP contribution in [0.3, 0.4) is 0 Å². The summed E-state index contributed by atoms with van der Waals surface area (Å²) in [5, 5.41) is 11.4. The molecule has 8 heteroatoms. The number of rotatable bonds is 7. The van der Waals surface area contributed by atoms with Crippen molar-refractivity contribution in [2.24, 2.45) is 0 Å². The molecule has 1 fully saturated rings. The molecular weight excluding hydrogens is 471 g/mol. The lowest BCUT2D eigenvalue weighted by Gasteiger charge is -2.33. The fourth-order valence-electron chi connectivity index (χ4n) is 4.95. The molecule has 0 bridgehead atoms. The molecule has 0 unspecified atom stereocenters. The number of halogens is 1. The van der Waals surface area contributed by atoms with Crippen molar-refractivity contribution in [3.63, 3.8) is 0 Å². The minimum Gasteiger partial charge on any atom is -0.496 e. The van der Waals surface area contributed by atoms with E-state index in [0.29, 0.717) is 41.2 Å². The first-order valence-electron chi connectivity index (χ1n) is 12.4. The number of hydrogen-bond donors (Lipinski definition) is 2. The Hall–Kier alpha value is -4.04. The highest BCUT2D eigenvalue weighted by Gasteiger charge is 2.24. The Morgan fingerprint density at radius 3 is 2.78 bits per heavy atom. The summed E-state index contributed by atoms with van der Waals surface area (Å²) in [5.41, 5.74) is 3.98. The number of hydrogen-bond acceptors (Lipinski definition) is 5. The van der Waals surface area contributed by atoms with E-state index in [1.807, 2.05) is 30.3 Å². The summed E-state index contributed by atoms with van der Waals surface area (Å²) in [5.74, 6) is 0.0615. The summed E-state index contributed by atoms with van der Waals surface area (Å²) >= 11 is 0. The molecule has 7 nitrogen and oxygen atoms in total. The molecule has 1 aliphatic rings. The number of ketones is 1. The largest absolute Gasteiger partial charge is 0.496 e. The molecule has 190 valence electrons. The molecule has 1 atom stereocenters. The van der Waals surface area contributed by atoms with Gasteiger partial charge in [0.15, 0.2) is 5.78 Å². The number of carbonyl (C=O) groups is 2. The average molecular weight is 501 g/mol. The number of nitrogens with one attached hydrogen (secondary N) is 2. The number of nitrogens with zero attached hydrogens (tertiary/aromatic N) is 2. The van der Waals surface area contributed by atoms with Crippen LogP contribution in [0.2, 0.25) is 0 Å². The number of likely N-dealkylation sites (tertiary alicyclic amines) is 1. The van der Waals surface area contributed by atoms with Crippen LogP contribution in [-0.4, -0.2) is 53.0 Å². The maximum absolute atomic E-state index is 14.4. The van der Waals surface area contributed by atoms with Gasteiger partial charge in [0.2, 0.25) is 0 Å². The molecule has 4 aromatic rings. The van der Waals surface area contributed by atoms with Gasteiger partial charge in [-0.15, -0.1) is 0 Å². The van der Waals surface area contributed by atoms with E-state index in [1.54, 1.807) is 31.4 Å². The summed E-state index contributed by atoms with van der Waals surface area (Å²) in [7, 11) is 1.54. The van der Waals surface area contributed by atoms with Gasteiger partial charge in [-0.1, -0.05) is 24.3 Å². The fraction of sp³-hybridized carbons (Fsp3) is 0.276. The molecule has 0 spiro atoms. The first-order valence-corrected chi connectivity index (χ1v) is 12.4. The van der Waals surface area contributed by atoms with Crippen LogP contribution in [0.25, 0.3) is 22.2 Å². The Bertz CT molecular complexity index is 1460. The zero-order chi connectivity index (χ0) is 25.9. The van der Waals surface area contributed by atoms with Crippen LogP contribution in [0.5, 0.6) is 5.75 Å². The highest BCUT2D eigenvalue weighted by Crippen LogP contribution is 2.28. The third kappa shape index (κ3) is 5.24. The van der Waals surface area contributed by atoms with Crippen LogP contribution in [0.15, 0.2) is 60.7 Å². The van der Waals surface area contributed by atoms with Gasteiger partial charge in [-0.3, -0.25) is 19.6 Å². The van der Waals surface area contributed by atoms with Gasteiger partial charge in [-0.25, -0.2) is 4.39 Å². The van der Waals surface area contributed by atoms with Gasteiger partial charge in [0.25, 0.3) is 5.91 Å². The van der Waals surface area contributed by atoms with Crippen molar-refractivity contribution in [3.05, 3.63) is 83.2 Å². The zero-order valence-corrected chi connectivity index (χ0v) is 20.9. The van der Waals surface area contributed by atoms with Crippen molar-refractivity contribution >= 4 is 22.6 Å². The lowest BCUT2D eigenvalue weighted by molar-refractivity contribution is 0.0899. The maximum Gasteiger partial charge on any atom is 0.251 e. The first kappa shape index (κ1) is 24.6. The lowest BCUT2D eigenvalue weighted by Crippen LogP contribution is -2.47. The van der Waals surface area contributed by atoms with Crippen LogP contribution in [0.4, 0.5) is 4.39 Å². The predicted molar refractivity (Wildman–Crippen MR) is 140 cm³/mol. The minimum atomic E-state index is -0.288. The molecule has 1 aliphatic heterocycles. The quantitative estimate of drug-likeness (QED) is 0.350. The van der Waals surface area contributed by atoms with Crippen molar-refractivity contribution in [2.75, 3.05) is 20.2 Å². The zero-order valence-electron chi connectivity index (χ0n) is 20.9. The average Bonchev–Trinajstić information content (AvgIpc) is 3.33. The second kappa shape index (κ2) is 10.5. The highest BCUT2D eigenvalue weighted by atomic mass is 19.1. The molecule has 0 radical (unpaired) electrons. The normalized spacial score (nSPS) is 16.0. The van der Waals surface area contributed by atoms with Crippen molar-refractivity contribution in [1.29, 1.82) is 0 Å². The molecule has 1 amide bonds. The van der Waals surface area contributed by atoms with E-state index >= 15 is 0 Å². The van der Waals surface area contributed by atoms with Crippen molar-refractivity contribution < 1.29 is 18.7 Å². The summed E-state index contributed by atoms with van der Waals surface area (Å²) in [4.78, 5) is 27.2. The van der Waals surface area contributed by atoms with E-state index in [1.165, 1.54) is 13.0 Å². The standard InChI is InChI=1S/C29H29FN4O3/c1-18(35)19-6-3-7-20(14-19)28-23-15-21(11-12-26(23)32-33-28)29(36)31-22-8-5-13-34(16-22)17-24-25(30)9-4-10-27(24)37-2/h3-4,6-7,9-12,14-15,22H,5,8,13,16-17H2,1-2H3,(H,31,36)(H,32,33)/t22-/m1/s1. The third-order valence-electron chi connectivity index (χ3n) is 6.89. The second-order valence-electron chi connectivity index (χ2n) is 9.44. The van der Waals surface area contributed by atoms with E-state index in [0.717, 1.165) is 35.9 Å². The number of ether oxygens (including phenoxy) is 1. The molecule has 37 heavy (non-hydrogen) atoms. The number of aromatic amines is 1. The Morgan fingerprint density at radius 1 is 1.14 bits per heavy atom.